The second kappa shape index (κ2) is 7.27. The highest BCUT2D eigenvalue weighted by Crippen LogP contribution is 2.26. The van der Waals surface area contributed by atoms with Crippen LogP contribution in [-0.4, -0.2) is 40.4 Å². The number of hydrogen-bond donors (Lipinski definition) is 1. The molecule has 3 rings (SSSR count). The lowest BCUT2D eigenvalue weighted by molar-refractivity contribution is 0.200. The van der Waals surface area contributed by atoms with Gasteiger partial charge in [0.1, 0.15) is 0 Å². The summed E-state index contributed by atoms with van der Waals surface area (Å²) in [5, 5.41) is 7.82. The molecule has 2 aromatic rings. The fourth-order valence-corrected chi connectivity index (χ4v) is 3.10. The molecule has 5 heteroatoms. The Hall–Kier alpha value is -1.36. The number of rotatable bonds is 3. The molecule has 1 aliphatic heterocycles. The molecule has 2 heterocycles. The second-order valence-corrected chi connectivity index (χ2v) is 6.09. The van der Waals surface area contributed by atoms with E-state index in [1.54, 1.807) is 0 Å². The quantitative estimate of drug-likeness (QED) is 0.943. The van der Waals surface area contributed by atoms with Gasteiger partial charge in [-0.2, -0.15) is 5.10 Å². The summed E-state index contributed by atoms with van der Waals surface area (Å²) in [6.45, 7) is 8.71. The van der Waals surface area contributed by atoms with Crippen molar-refractivity contribution in [2.45, 2.75) is 26.4 Å². The maximum Gasteiger partial charge on any atom is 0.0682 e. The Morgan fingerprint density at radius 2 is 2.14 bits per heavy atom. The Morgan fingerprint density at radius 3 is 2.82 bits per heavy atom. The summed E-state index contributed by atoms with van der Waals surface area (Å²) in [4.78, 5) is 2.53. The summed E-state index contributed by atoms with van der Waals surface area (Å²) in [5.41, 5.74) is 5.18. The Kier molecular flexibility index (Phi) is 5.62. The monoisotopic (exact) mass is 320 g/mol. The first kappa shape index (κ1) is 17.0. The van der Waals surface area contributed by atoms with Crippen LogP contribution >= 0.6 is 12.4 Å². The first-order valence-corrected chi connectivity index (χ1v) is 7.67. The molecule has 1 fully saturated rings. The van der Waals surface area contributed by atoms with Gasteiger partial charge in [-0.15, -0.1) is 12.4 Å². The Balaban J connectivity index is 0.00000176. The molecule has 0 amide bonds. The number of piperazine rings is 1. The van der Waals surface area contributed by atoms with Gasteiger partial charge in [0.25, 0.3) is 0 Å². The van der Waals surface area contributed by atoms with E-state index >= 15 is 0 Å². The van der Waals surface area contributed by atoms with Crippen LogP contribution in [0.4, 0.5) is 0 Å². The van der Waals surface area contributed by atoms with Crippen molar-refractivity contribution in [3.63, 3.8) is 0 Å². The van der Waals surface area contributed by atoms with Gasteiger partial charge in [0.2, 0.25) is 0 Å². The fourth-order valence-electron chi connectivity index (χ4n) is 3.10. The molecular weight excluding hydrogens is 296 g/mol. The molecule has 0 bridgehead atoms. The predicted molar refractivity (Wildman–Crippen MR) is 93.4 cm³/mol. The maximum absolute atomic E-state index is 4.32. The van der Waals surface area contributed by atoms with Gasteiger partial charge < -0.3 is 5.32 Å². The molecule has 0 radical (unpaired) electrons. The van der Waals surface area contributed by atoms with Gasteiger partial charge in [-0.3, -0.25) is 9.58 Å². The maximum atomic E-state index is 4.32. The van der Waals surface area contributed by atoms with Crippen LogP contribution in [0.15, 0.2) is 30.5 Å². The van der Waals surface area contributed by atoms with Crippen LogP contribution in [0.25, 0.3) is 11.3 Å². The van der Waals surface area contributed by atoms with Gasteiger partial charge >= 0.3 is 0 Å². The fraction of sp³-hybridized carbons (Fsp3) is 0.471. The minimum atomic E-state index is 0. The van der Waals surface area contributed by atoms with Gasteiger partial charge in [-0.05, 0) is 31.5 Å². The standard InChI is InChI=1S/C17H24N4.ClH/c1-13-4-5-15(12-21-9-8-18-14(2)11-21)16(10-13)17-6-7-19-20(17)3;/h4-7,10,14,18H,8-9,11-12H2,1-3H3;1H. The molecule has 1 atom stereocenters. The summed E-state index contributed by atoms with van der Waals surface area (Å²) < 4.78 is 1.96. The molecule has 1 aromatic heterocycles. The molecule has 120 valence electrons. The van der Waals surface area contributed by atoms with E-state index in [-0.39, 0.29) is 12.4 Å². The van der Waals surface area contributed by atoms with E-state index in [1.165, 1.54) is 22.4 Å². The molecule has 4 nitrogen and oxygen atoms in total. The minimum absolute atomic E-state index is 0. The third kappa shape index (κ3) is 3.69. The average Bonchev–Trinajstić information content (AvgIpc) is 2.87. The first-order valence-electron chi connectivity index (χ1n) is 7.67. The van der Waals surface area contributed by atoms with Crippen molar-refractivity contribution in [2.24, 2.45) is 7.05 Å². The van der Waals surface area contributed by atoms with Gasteiger partial charge in [-0.25, -0.2) is 0 Å². The van der Waals surface area contributed by atoms with E-state index in [0.717, 1.165) is 26.2 Å². The lowest BCUT2D eigenvalue weighted by atomic mass is 10.0. The van der Waals surface area contributed by atoms with Crippen LogP contribution in [0.2, 0.25) is 0 Å². The highest BCUT2D eigenvalue weighted by molar-refractivity contribution is 5.85. The molecular formula is C17H25ClN4. The summed E-state index contributed by atoms with van der Waals surface area (Å²) in [7, 11) is 2.01. The number of hydrogen-bond acceptors (Lipinski definition) is 3. The van der Waals surface area contributed by atoms with Crippen molar-refractivity contribution in [2.75, 3.05) is 19.6 Å². The Bertz CT molecular complexity index is 623. The molecule has 22 heavy (non-hydrogen) atoms. The number of nitrogens with one attached hydrogen (secondary N) is 1. The smallest absolute Gasteiger partial charge is 0.0682 e. The highest BCUT2D eigenvalue weighted by Gasteiger charge is 2.17. The summed E-state index contributed by atoms with van der Waals surface area (Å²) >= 11 is 0. The van der Waals surface area contributed by atoms with E-state index < -0.39 is 0 Å². The van der Waals surface area contributed by atoms with Crippen LogP contribution in [0.5, 0.6) is 0 Å². The minimum Gasteiger partial charge on any atom is -0.312 e. The van der Waals surface area contributed by atoms with Crippen LogP contribution in [0, 0.1) is 6.92 Å². The van der Waals surface area contributed by atoms with Crippen LogP contribution < -0.4 is 5.32 Å². The van der Waals surface area contributed by atoms with Crippen molar-refractivity contribution in [3.8, 4) is 11.3 Å². The molecule has 0 saturated carbocycles. The molecule has 1 unspecified atom stereocenters. The lowest BCUT2D eigenvalue weighted by Crippen LogP contribution is -2.48. The van der Waals surface area contributed by atoms with Crippen LogP contribution in [-0.2, 0) is 13.6 Å². The lowest BCUT2D eigenvalue weighted by Gasteiger charge is -2.32. The Morgan fingerprint density at radius 1 is 1.32 bits per heavy atom. The van der Waals surface area contributed by atoms with Gasteiger partial charge in [0.05, 0.1) is 5.69 Å². The zero-order valence-electron chi connectivity index (χ0n) is 13.5. The van der Waals surface area contributed by atoms with Gasteiger partial charge in [-0.1, -0.05) is 17.7 Å². The number of aromatic nitrogens is 2. The summed E-state index contributed by atoms with van der Waals surface area (Å²) in [6, 6.07) is 9.42. The normalized spacial score (nSPS) is 19.0. The number of nitrogens with zero attached hydrogens (tertiary/aromatic N) is 3. The molecule has 0 aliphatic carbocycles. The predicted octanol–water partition coefficient (Wildman–Crippen LogP) is 2.61. The van der Waals surface area contributed by atoms with Gasteiger partial charge in [0.15, 0.2) is 0 Å². The van der Waals surface area contributed by atoms with E-state index in [1.807, 2.05) is 17.9 Å². The molecule has 1 N–H and O–H groups in total. The van der Waals surface area contributed by atoms with E-state index in [2.05, 4.69) is 53.4 Å². The zero-order chi connectivity index (χ0) is 14.8. The molecule has 1 saturated heterocycles. The largest absolute Gasteiger partial charge is 0.312 e. The SMILES string of the molecule is Cc1ccc(CN2CCNC(C)C2)c(-c2ccnn2C)c1.Cl. The van der Waals surface area contributed by atoms with Crippen molar-refractivity contribution >= 4 is 12.4 Å². The van der Waals surface area contributed by atoms with Gasteiger partial charge in [0, 0.05) is 51.0 Å². The number of benzene rings is 1. The number of aryl methyl sites for hydroxylation is 2. The number of halogens is 1. The second-order valence-electron chi connectivity index (χ2n) is 6.09. The van der Waals surface area contributed by atoms with E-state index in [0.29, 0.717) is 6.04 Å². The summed E-state index contributed by atoms with van der Waals surface area (Å²) in [6.07, 6.45) is 1.87. The van der Waals surface area contributed by atoms with E-state index in [4.69, 9.17) is 0 Å². The zero-order valence-corrected chi connectivity index (χ0v) is 14.4. The molecule has 1 aromatic carbocycles. The van der Waals surface area contributed by atoms with E-state index in [9.17, 15) is 0 Å². The average molecular weight is 321 g/mol. The molecule has 1 aliphatic rings. The van der Waals surface area contributed by atoms with Crippen molar-refractivity contribution < 1.29 is 0 Å². The van der Waals surface area contributed by atoms with Crippen LogP contribution in [0.3, 0.4) is 0 Å². The van der Waals surface area contributed by atoms with Crippen LogP contribution in [0.1, 0.15) is 18.1 Å². The first-order chi connectivity index (χ1) is 10.1. The van der Waals surface area contributed by atoms with Crippen molar-refractivity contribution in [3.05, 3.63) is 41.6 Å². The van der Waals surface area contributed by atoms with Crippen molar-refractivity contribution in [1.82, 2.24) is 20.0 Å². The summed E-state index contributed by atoms with van der Waals surface area (Å²) in [5.74, 6) is 0. The molecule has 0 spiro atoms. The third-order valence-electron chi connectivity index (χ3n) is 4.21. The topological polar surface area (TPSA) is 33.1 Å². The Labute approximate surface area is 138 Å². The van der Waals surface area contributed by atoms with Crippen molar-refractivity contribution in [1.29, 1.82) is 0 Å². The highest BCUT2D eigenvalue weighted by atomic mass is 35.5. The third-order valence-corrected chi connectivity index (χ3v) is 4.21.